The Morgan fingerprint density at radius 2 is 2.16 bits per heavy atom. The van der Waals surface area contributed by atoms with Crippen molar-refractivity contribution in [3.8, 4) is 0 Å². The molecule has 8 heteroatoms. The van der Waals surface area contributed by atoms with E-state index < -0.39 is 17.0 Å². The van der Waals surface area contributed by atoms with Crippen LogP contribution < -0.4 is 5.32 Å². The zero-order chi connectivity index (χ0) is 18.6. The van der Waals surface area contributed by atoms with Gasteiger partial charge < -0.3 is 15.1 Å². The van der Waals surface area contributed by atoms with Gasteiger partial charge in [-0.05, 0) is 26.8 Å². The summed E-state index contributed by atoms with van der Waals surface area (Å²) in [6, 6.07) is 3.21. The Labute approximate surface area is 150 Å². The summed E-state index contributed by atoms with van der Waals surface area (Å²) in [5.74, 6) is -1.18. The van der Waals surface area contributed by atoms with Crippen LogP contribution in [0.3, 0.4) is 0 Å². The third kappa shape index (κ3) is 4.84. The summed E-state index contributed by atoms with van der Waals surface area (Å²) in [6.45, 7) is 6.76. The number of hydrogen-bond acceptors (Lipinski definition) is 3. The number of amides is 3. The van der Waals surface area contributed by atoms with Gasteiger partial charge in [-0.2, -0.15) is 0 Å². The van der Waals surface area contributed by atoms with Crippen LogP contribution in [0.1, 0.15) is 31.7 Å². The quantitative estimate of drug-likeness (QED) is 0.836. The maximum Gasteiger partial charge on any atom is 0.317 e. The van der Waals surface area contributed by atoms with Crippen LogP contribution >= 0.6 is 11.8 Å². The van der Waals surface area contributed by atoms with E-state index in [0.29, 0.717) is 19.6 Å². The Morgan fingerprint density at radius 3 is 2.76 bits per heavy atom. The van der Waals surface area contributed by atoms with E-state index in [1.165, 1.54) is 23.9 Å². The molecular weight excluding hydrogens is 348 g/mol. The second kappa shape index (κ2) is 8.51. The summed E-state index contributed by atoms with van der Waals surface area (Å²) >= 11 is 1.30. The SMILES string of the molecule is CCN(CCN1C(=O)CS[C@@H]1c1ccc(F)cc1F)C(=O)NC(C)C. The van der Waals surface area contributed by atoms with Gasteiger partial charge in [0.2, 0.25) is 5.91 Å². The summed E-state index contributed by atoms with van der Waals surface area (Å²) in [5.41, 5.74) is 0.284. The molecule has 1 saturated heterocycles. The second-order valence-electron chi connectivity index (χ2n) is 6.10. The third-order valence-corrected chi connectivity index (χ3v) is 5.13. The molecular formula is C17H23F2N3O2S. The molecule has 0 aliphatic carbocycles. The predicted octanol–water partition coefficient (Wildman–Crippen LogP) is 2.98. The van der Waals surface area contributed by atoms with Crippen LogP contribution in [-0.4, -0.2) is 53.2 Å². The monoisotopic (exact) mass is 371 g/mol. The normalized spacial score (nSPS) is 17.3. The molecule has 1 aromatic rings. The molecule has 3 amide bonds. The lowest BCUT2D eigenvalue weighted by Gasteiger charge is -2.29. The lowest BCUT2D eigenvalue weighted by Crippen LogP contribution is -2.46. The van der Waals surface area contributed by atoms with Crippen molar-refractivity contribution >= 4 is 23.7 Å². The first-order chi connectivity index (χ1) is 11.8. The molecule has 1 N–H and O–H groups in total. The number of carbonyl (C=O) groups is 2. The van der Waals surface area contributed by atoms with Gasteiger partial charge in [-0.1, -0.05) is 6.07 Å². The molecule has 25 heavy (non-hydrogen) atoms. The van der Waals surface area contributed by atoms with E-state index in [0.717, 1.165) is 6.07 Å². The maximum absolute atomic E-state index is 14.1. The van der Waals surface area contributed by atoms with Crippen LogP contribution in [-0.2, 0) is 4.79 Å². The summed E-state index contributed by atoms with van der Waals surface area (Å²) in [5, 5.41) is 2.32. The van der Waals surface area contributed by atoms with Crippen LogP contribution in [0.4, 0.5) is 13.6 Å². The number of benzene rings is 1. The highest BCUT2D eigenvalue weighted by Crippen LogP contribution is 2.39. The molecule has 1 atom stereocenters. The smallest absolute Gasteiger partial charge is 0.317 e. The third-order valence-electron chi connectivity index (χ3n) is 3.89. The molecule has 2 rings (SSSR count). The van der Waals surface area contributed by atoms with E-state index >= 15 is 0 Å². The fourth-order valence-electron chi connectivity index (χ4n) is 2.63. The highest BCUT2D eigenvalue weighted by Gasteiger charge is 2.34. The van der Waals surface area contributed by atoms with E-state index in [1.54, 1.807) is 9.80 Å². The summed E-state index contributed by atoms with van der Waals surface area (Å²) in [4.78, 5) is 27.4. The maximum atomic E-state index is 14.1. The standard InChI is InChI=1S/C17H23F2N3O2S/c1-4-21(17(24)20-11(2)3)7-8-22-15(23)10-25-16(22)13-6-5-12(18)9-14(13)19/h5-6,9,11,16H,4,7-8,10H2,1-3H3,(H,20,24)/t16-/m1/s1. The number of urea groups is 1. The number of nitrogens with zero attached hydrogens (tertiary/aromatic N) is 2. The van der Waals surface area contributed by atoms with Crippen molar-refractivity contribution in [2.24, 2.45) is 0 Å². The topological polar surface area (TPSA) is 52.7 Å². The number of halogens is 2. The van der Waals surface area contributed by atoms with Crippen molar-refractivity contribution in [2.45, 2.75) is 32.2 Å². The Kier molecular flexibility index (Phi) is 6.64. The first-order valence-electron chi connectivity index (χ1n) is 8.25. The van der Waals surface area contributed by atoms with Crippen LogP contribution in [0.15, 0.2) is 18.2 Å². The van der Waals surface area contributed by atoms with Gasteiger partial charge in [0.1, 0.15) is 17.0 Å². The molecule has 0 bridgehead atoms. The zero-order valence-corrected chi connectivity index (χ0v) is 15.4. The number of thioether (sulfide) groups is 1. The van der Waals surface area contributed by atoms with Gasteiger partial charge in [0, 0.05) is 37.3 Å². The molecule has 1 fully saturated rings. The lowest BCUT2D eigenvalue weighted by molar-refractivity contribution is -0.128. The predicted molar refractivity (Wildman–Crippen MR) is 94.2 cm³/mol. The summed E-state index contributed by atoms with van der Waals surface area (Å²) in [6.07, 6.45) is 0. The van der Waals surface area contributed by atoms with E-state index in [1.807, 2.05) is 20.8 Å². The summed E-state index contributed by atoms with van der Waals surface area (Å²) < 4.78 is 27.2. The van der Waals surface area contributed by atoms with Crippen molar-refractivity contribution in [3.05, 3.63) is 35.4 Å². The number of nitrogens with one attached hydrogen (secondary N) is 1. The van der Waals surface area contributed by atoms with Crippen molar-refractivity contribution < 1.29 is 18.4 Å². The van der Waals surface area contributed by atoms with E-state index in [2.05, 4.69) is 5.32 Å². The first kappa shape index (κ1) is 19.5. The fourth-order valence-corrected chi connectivity index (χ4v) is 3.87. The number of carbonyl (C=O) groups excluding carboxylic acids is 2. The van der Waals surface area contributed by atoms with Crippen LogP contribution in [0.2, 0.25) is 0 Å². The molecule has 138 valence electrons. The van der Waals surface area contributed by atoms with E-state index in [9.17, 15) is 18.4 Å². The lowest BCUT2D eigenvalue weighted by atomic mass is 10.2. The molecule has 5 nitrogen and oxygen atoms in total. The van der Waals surface area contributed by atoms with Crippen molar-refractivity contribution in [3.63, 3.8) is 0 Å². The molecule has 1 aliphatic rings. The molecule has 0 aromatic heterocycles. The molecule has 1 aliphatic heterocycles. The van der Waals surface area contributed by atoms with Gasteiger partial charge in [-0.25, -0.2) is 13.6 Å². The van der Waals surface area contributed by atoms with Crippen molar-refractivity contribution in [1.29, 1.82) is 0 Å². The highest BCUT2D eigenvalue weighted by molar-refractivity contribution is 8.00. The Balaban J connectivity index is 2.07. The van der Waals surface area contributed by atoms with Gasteiger partial charge in [0.05, 0.1) is 5.75 Å². The second-order valence-corrected chi connectivity index (χ2v) is 7.17. The molecule has 1 aromatic carbocycles. The number of rotatable bonds is 6. The fraction of sp³-hybridized carbons (Fsp3) is 0.529. The highest BCUT2D eigenvalue weighted by atomic mass is 32.2. The van der Waals surface area contributed by atoms with Crippen LogP contribution in [0.25, 0.3) is 0 Å². The van der Waals surface area contributed by atoms with Crippen LogP contribution in [0.5, 0.6) is 0 Å². The first-order valence-corrected chi connectivity index (χ1v) is 9.29. The van der Waals surface area contributed by atoms with Crippen molar-refractivity contribution in [1.82, 2.24) is 15.1 Å². The number of likely N-dealkylation sites (N-methyl/N-ethyl adjacent to an activating group) is 1. The van der Waals surface area contributed by atoms with Gasteiger partial charge in [0.25, 0.3) is 0 Å². The molecule has 0 radical (unpaired) electrons. The Hall–Kier alpha value is -1.83. The molecule has 0 unspecified atom stereocenters. The van der Waals surface area contributed by atoms with E-state index in [4.69, 9.17) is 0 Å². The minimum atomic E-state index is -0.665. The van der Waals surface area contributed by atoms with Crippen LogP contribution in [0, 0.1) is 11.6 Å². The summed E-state index contributed by atoms with van der Waals surface area (Å²) in [7, 11) is 0. The Morgan fingerprint density at radius 1 is 1.44 bits per heavy atom. The number of hydrogen-bond donors (Lipinski definition) is 1. The average molecular weight is 371 g/mol. The van der Waals surface area contributed by atoms with Gasteiger partial charge in [-0.15, -0.1) is 11.8 Å². The molecule has 0 saturated carbocycles. The zero-order valence-electron chi connectivity index (χ0n) is 14.6. The Bertz CT molecular complexity index is 642. The van der Waals surface area contributed by atoms with Crippen molar-refractivity contribution in [2.75, 3.05) is 25.4 Å². The van der Waals surface area contributed by atoms with Gasteiger partial charge in [-0.3, -0.25) is 4.79 Å². The van der Waals surface area contributed by atoms with E-state index in [-0.39, 0.29) is 29.3 Å². The minimum absolute atomic E-state index is 0.0200. The average Bonchev–Trinajstić information content (AvgIpc) is 2.88. The molecule has 1 heterocycles. The largest absolute Gasteiger partial charge is 0.336 e. The minimum Gasteiger partial charge on any atom is -0.336 e. The van der Waals surface area contributed by atoms with Gasteiger partial charge in [0.15, 0.2) is 0 Å². The molecule has 0 spiro atoms. The van der Waals surface area contributed by atoms with Gasteiger partial charge >= 0.3 is 6.03 Å².